The predicted molar refractivity (Wildman–Crippen MR) is 79.2 cm³/mol. The topological polar surface area (TPSA) is 61.2 Å². The van der Waals surface area contributed by atoms with Crippen LogP contribution in [0.25, 0.3) is 0 Å². The van der Waals surface area contributed by atoms with Crippen molar-refractivity contribution in [3.05, 3.63) is 28.2 Å². The molecule has 1 aliphatic rings. The summed E-state index contributed by atoms with van der Waals surface area (Å²) in [4.78, 5) is 26.0. The zero-order valence-corrected chi connectivity index (χ0v) is 12.8. The molecule has 1 atom stereocenters. The SMILES string of the molecule is Cc1cc(Br)ccc1N1CCC[C@H](C(=O)CC#N)C1=O. The van der Waals surface area contributed by atoms with Crippen molar-refractivity contribution in [2.45, 2.75) is 26.2 Å². The highest BCUT2D eigenvalue weighted by molar-refractivity contribution is 9.10. The van der Waals surface area contributed by atoms with Crippen LogP contribution in [0.1, 0.15) is 24.8 Å². The van der Waals surface area contributed by atoms with E-state index >= 15 is 0 Å². The van der Waals surface area contributed by atoms with Gasteiger partial charge in [0.15, 0.2) is 5.78 Å². The van der Waals surface area contributed by atoms with Gasteiger partial charge in [-0.25, -0.2) is 0 Å². The van der Waals surface area contributed by atoms with E-state index in [1.165, 1.54) is 0 Å². The number of piperidine rings is 1. The number of hydrogen-bond donors (Lipinski definition) is 0. The van der Waals surface area contributed by atoms with E-state index in [1.54, 1.807) is 4.90 Å². The quantitative estimate of drug-likeness (QED) is 0.798. The van der Waals surface area contributed by atoms with Gasteiger partial charge in [-0.15, -0.1) is 0 Å². The summed E-state index contributed by atoms with van der Waals surface area (Å²) >= 11 is 3.40. The molecule has 0 saturated carbocycles. The van der Waals surface area contributed by atoms with E-state index < -0.39 is 5.92 Å². The third kappa shape index (κ3) is 2.91. The Balaban J connectivity index is 2.26. The van der Waals surface area contributed by atoms with Gasteiger partial charge in [-0.1, -0.05) is 15.9 Å². The van der Waals surface area contributed by atoms with E-state index in [-0.39, 0.29) is 18.1 Å². The maximum absolute atomic E-state index is 12.5. The van der Waals surface area contributed by atoms with E-state index in [4.69, 9.17) is 5.26 Å². The molecule has 0 radical (unpaired) electrons. The Kier molecular flexibility index (Phi) is 4.56. The molecule has 0 spiro atoms. The van der Waals surface area contributed by atoms with E-state index in [1.807, 2.05) is 31.2 Å². The second-order valence-corrected chi connectivity index (χ2v) is 5.83. The highest BCUT2D eigenvalue weighted by Gasteiger charge is 2.34. The molecule has 0 unspecified atom stereocenters. The van der Waals surface area contributed by atoms with E-state index in [2.05, 4.69) is 15.9 Å². The summed E-state index contributed by atoms with van der Waals surface area (Å²) in [6, 6.07) is 7.55. The fourth-order valence-corrected chi connectivity index (χ4v) is 3.01. The molecule has 4 nitrogen and oxygen atoms in total. The van der Waals surface area contributed by atoms with Crippen LogP contribution < -0.4 is 4.90 Å². The minimum absolute atomic E-state index is 0.179. The molecule has 0 aliphatic carbocycles. The van der Waals surface area contributed by atoms with Gasteiger partial charge in [0, 0.05) is 16.7 Å². The number of hydrogen-bond acceptors (Lipinski definition) is 3. The molecule has 104 valence electrons. The zero-order chi connectivity index (χ0) is 14.7. The van der Waals surface area contributed by atoms with Crippen molar-refractivity contribution in [1.29, 1.82) is 5.26 Å². The van der Waals surface area contributed by atoms with Gasteiger partial charge in [-0.2, -0.15) is 5.26 Å². The fourth-order valence-electron chi connectivity index (χ4n) is 2.54. The fraction of sp³-hybridized carbons (Fsp3) is 0.400. The van der Waals surface area contributed by atoms with Crippen LogP contribution in [0.15, 0.2) is 22.7 Å². The number of rotatable bonds is 3. The van der Waals surface area contributed by atoms with Gasteiger partial charge >= 0.3 is 0 Å². The molecule has 20 heavy (non-hydrogen) atoms. The molecule has 1 aromatic carbocycles. The summed E-state index contributed by atoms with van der Waals surface area (Å²) in [5, 5.41) is 8.61. The highest BCUT2D eigenvalue weighted by Crippen LogP contribution is 2.29. The molecule has 0 aromatic heterocycles. The molecule has 1 fully saturated rings. The van der Waals surface area contributed by atoms with Crippen molar-refractivity contribution in [2.24, 2.45) is 5.92 Å². The van der Waals surface area contributed by atoms with Crippen molar-refractivity contribution >= 4 is 33.3 Å². The van der Waals surface area contributed by atoms with Crippen LogP contribution in [0.4, 0.5) is 5.69 Å². The van der Waals surface area contributed by atoms with Gasteiger partial charge in [-0.3, -0.25) is 9.59 Å². The molecule has 0 bridgehead atoms. The Morgan fingerprint density at radius 2 is 2.30 bits per heavy atom. The molecule has 1 heterocycles. The Bertz CT molecular complexity index is 592. The summed E-state index contributed by atoms with van der Waals surface area (Å²) in [5.41, 5.74) is 1.83. The van der Waals surface area contributed by atoms with Gasteiger partial charge in [-0.05, 0) is 43.5 Å². The second kappa shape index (κ2) is 6.19. The first-order valence-electron chi connectivity index (χ1n) is 6.52. The van der Waals surface area contributed by atoms with Crippen LogP contribution in [0, 0.1) is 24.2 Å². The minimum Gasteiger partial charge on any atom is -0.312 e. The maximum atomic E-state index is 12.5. The first-order valence-corrected chi connectivity index (χ1v) is 7.31. The molecule has 0 N–H and O–H groups in total. The molecule has 1 aliphatic heterocycles. The molecule has 1 aromatic rings. The average molecular weight is 335 g/mol. The van der Waals surface area contributed by atoms with Crippen molar-refractivity contribution in [1.82, 2.24) is 0 Å². The average Bonchev–Trinajstić information content (AvgIpc) is 2.40. The Hall–Kier alpha value is -1.67. The molecule has 5 heteroatoms. The number of halogens is 1. The number of aryl methyl sites for hydroxylation is 1. The van der Waals surface area contributed by atoms with Crippen LogP contribution in [0.2, 0.25) is 0 Å². The van der Waals surface area contributed by atoms with Gasteiger partial charge in [0.05, 0.1) is 18.4 Å². The number of anilines is 1. The van der Waals surface area contributed by atoms with Crippen molar-refractivity contribution in [3.63, 3.8) is 0 Å². The predicted octanol–water partition coefficient (Wildman–Crippen LogP) is 2.98. The Labute approximate surface area is 126 Å². The Morgan fingerprint density at radius 1 is 1.55 bits per heavy atom. The van der Waals surface area contributed by atoms with Crippen LogP contribution in [-0.2, 0) is 9.59 Å². The molecular formula is C15H15BrN2O2. The first-order chi connectivity index (χ1) is 9.54. The lowest BCUT2D eigenvalue weighted by molar-refractivity contribution is -0.133. The van der Waals surface area contributed by atoms with Gasteiger partial charge in [0.1, 0.15) is 0 Å². The van der Waals surface area contributed by atoms with Gasteiger partial charge in [0.2, 0.25) is 5.91 Å². The normalized spacial score (nSPS) is 18.8. The van der Waals surface area contributed by atoms with Crippen molar-refractivity contribution in [3.8, 4) is 6.07 Å². The standard InChI is InChI=1S/C15H15BrN2O2/c1-10-9-11(16)4-5-13(10)18-8-2-3-12(15(18)20)14(19)6-7-17/h4-5,9,12H,2-3,6,8H2,1H3/t12-/m1/s1. The number of benzene rings is 1. The number of Topliss-reactive ketones (excluding diaryl/α,β-unsaturated/α-hetero) is 1. The van der Waals surface area contributed by atoms with Gasteiger partial charge in [0.25, 0.3) is 0 Å². The van der Waals surface area contributed by atoms with Crippen LogP contribution >= 0.6 is 15.9 Å². The molecule has 1 saturated heterocycles. The van der Waals surface area contributed by atoms with Gasteiger partial charge < -0.3 is 4.90 Å². The van der Waals surface area contributed by atoms with Crippen LogP contribution in [0.5, 0.6) is 0 Å². The van der Waals surface area contributed by atoms with E-state index in [9.17, 15) is 9.59 Å². The number of ketones is 1. The molecule has 1 amide bonds. The summed E-state index contributed by atoms with van der Waals surface area (Å²) in [6.45, 7) is 2.56. The van der Waals surface area contributed by atoms with Crippen molar-refractivity contribution < 1.29 is 9.59 Å². The first kappa shape index (κ1) is 14.7. The lowest BCUT2D eigenvalue weighted by Crippen LogP contribution is -2.44. The Morgan fingerprint density at radius 3 is 2.95 bits per heavy atom. The molecular weight excluding hydrogens is 320 g/mol. The number of amides is 1. The number of carbonyl (C=O) groups is 2. The lowest BCUT2D eigenvalue weighted by Gasteiger charge is -2.32. The summed E-state index contributed by atoms with van der Waals surface area (Å²) in [7, 11) is 0. The summed E-state index contributed by atoms with van der Waals surface area (Å²) in [5.74, 6) is -1.11. The maximum Gasteiger partial charge on any atom is 0.237 e. The number of nitriles is 1. The van der Waals surface area contributed by atoms with E-state index in [0.717, 1.165) is 22.1 Å². The monoisotopic (exact) mass is 334 g/mol. The minimum atomic E-state index is -0.661. The highest BCUT2D eigenvalue weighted by atomic mass is 79.9. The zero-order valence-electron chi connectivity index (χ0n) is 11.2. The smallest absolute Gasteiger partial charge is 0.237 e. The third-order valence-electron chi connectivity index (χ3n) is 3.53. The summed E-state index contributed by atoms with van der Waals surface area (Å²) in [6.07, 6.45) is 1.14. The van der Waals surface area contributed by atoms with Crippen LogP contribution in [0.3, 0.4) is 0 Å². The second-order valence-electron chi connectivity index (χ2n) is 4.92. The largest absolute Gasteiger partial charge is 0.312 e. The molecule has 2 rings (SSSR count). The van der Waals surface area contributed by atoms with E-state index in [0.29, 0.717) is 13.0 Å². The summed E-state index contributed by atoms with van der Waals surface area (Å²) < 4.78 is 0.959. The lowest BCUT2D eigenvalue weighted by atomic mass is 9.91. The third-order valence-corrected chi connectivity index (χ3v) is 4.02. The number of nitrogens with zero attached hydrogens (tertiary/aromatic N) is 2. The van der Waals surface area contributed by atoms with Crippen LogP contribution in [-0.4, -0.2) is 18.2 Å². The van der Waals surface area contributed by atoms with Crippen molar-refractivity contribution in [2.75, 3.05) is 11.4 Å². The number of carbonyl (C=O) groups excluding carboxylic acids is 2.